The largest absolute Gasteiger partial charge is 0.493 e. The zero-order valence-electron chi connectivity index (χ0n) is 18.3. The van der Waals surface area contributed by atoms with E-state index >= 15 is 0 Å². The highest BCUT2D eigenvalue weighted by molar-refractivity contribution is 14.0. The first kappa shape index (κ1) is 28.1. The van der Waals surface area contributed by atoms with Crippen molar-refractivity contribution in [2.45, 2.75) is 33.8 Å². The maximum atomic E-state index is 12.6. The van der Waals surface area contributed by atoms with Crippen molar-refractivity contribution in [3.05, 3.63) is 23.8 Å². The summed E-state index contributed by atoms with van der Waals surface area (Å²) in [7, 11) is 3.21. The average molecular weight is 542 g/mol. The molecule has 1 amide bonds. The van der Waals surface area contributed by atoms with Crippen LogP contribution in [-0.4, -0.2) is 75.2 Å². The number of methoxy groups -OCH3 is 1. The molecule has 7 nitrogen and oxygen atoms in total. The molecule has 0 aliphatic carbocycles. The van der Waals surface area contributed by atoms with Crippen LogP contribution in [0.15, 0.2) is 23.2 Å². The minimum absolute atomic E-state index is 0. The number of amides is 1. The van der Waals surface area contributed by atoms with Crippen molar-refractivity contribution < 1.29 is 23.0 Å². The Balaban J connectivity index is 0.00000841. The van der Waals surface area contributed by atoms with Crippen LogP contribution in [0.3, 0.4) is 0 Å². The van der Waals surface area contributed by atoms with Crippen molar-refractivity contribution in [2.24, 2.45) is 4.99 Å². The van der Waals surface area contributed by atoms with Crippen LogP contribution >= 0.6 is 24.0 Å². The van der Waals surface area contributed by atoms with Gasteiger partial charge in [0.25, 0.3) is 0 Å². The number of hydrogen-bond donors (Lipinski definition) is 1. The van der Waals surface area contributed by atoms with Gasteiger partial charge in [0, 0.05) is 33.2 Å². The number of nitrogens with zero attached hydrogens (tertiary/aromatic N) is 3. The van der Waals surface area contributed by atoms with E-state index in [-0.39, 0.29) is 47.9 Å². The van der Waals surface area contributed by atoms with Gasteiger partial charge in [-0.1, -0.05) is 6.07 Å². The average Bonchev–Trinajstić information content (AvgIpc) is 2.68. The maximum Gasteiger partial charge on any atom is 0.387 e. The van der Waals surface area contributed by atoms with E-state index in [1.165, 1.54) is 13.2 Å². The van der Waals surface area contributed by atoms with Crippen molar-refractivity contribution in [3.63, 3.8) is 0 Å². The number of carbonyl (C=O) groups excluding carboxylic acids is 1. The summed E-state index contributed by atoms with van der Waals surface area (Å²) in [5.41, 5.74) is 0.794. The number of guanidine groups is 1. The Bertz CT molecular complexity index is 673. The fraction of sp³-hybridized carbons (Fsp3) is 0.600. The summed E-state index contributed by atoms with van der Waals surface area (Å²) in [5, 5.41) is 3.17. The van der Waals surface area contributed by atoms with E-state index in [0.717, 1.165) is 5.56 Å². The Kier molecular flexibility index (Phi) is 14.1. The van der Waals surface area contributed by atoms with Gasteiger partial charge in [-0.25, -0.2) is 0 Å². The number of likely N-dealkylation sites (N-methyl/N-ethyl adjacent to an activating group) is 2. The van der Waals surface area contributed by atoms with Gasteiger partial charge in [-0.2, -0.15) is 8.78 Å². The Hall–Kier alpha value is -1.85. The summed E-state index contributed by atoms with van der Waals surface area (Å²) in [6, 6.07) is 4.91. The first-order valence-electron chi connectivity index (χ1n) is 9.75. The highest BCUT2D eigenvalue weighted by atomic mass is 127. The maximum absolute atomic E-state index is 12.6. The highest BCUT2D eigenvalue weighted by Crippen LogP contribution is 2.29. The molecule has 0 bridgehead atoms. The predicted molar refractivity (Wildman–Crippen MR) is 125 cm³/mol. The molecule has 10 heteroatoms. The highest BCUT2D eigenvalue weighted by Gasteiger charge is 2.15. The van der Waals surface area contributed by atoms with Crippen LogP contribution < -0.4 is 14.8 Å². The summed E-state index contributed by atoms with van der Waals surface area (Å²) < 4.78 is 34.7. The number of rotatable bonds is 11. The number of aliphatic imine (C=N–C) groups is 1. The number of nitrogens with one attached hydrogen (secondary N) is 1. The Labute approximate surface area is 194 Å². The van der Waals surface area contributed by atoms with E-state index in [0.29, 0.717) is 38.6 Å². The summed E-state index contributed by atoms with van der Waals surface area (Å²) in [5.74, 6) is 0.899. The van der Waals surface area contributed by atoms with Crippen molar-refractivity contribution in [1.29, 1.82) is 0 Å². The predicted octanol–water partition coefficient (Wildman–Crippen LogP) is 3.22. The molecule has 0 atom stereocenters. The molecule has 0 saturated carbocycles. The quantitative estimate of drug-likeness (QED) is 0.265. The number of alkyl halides is 2. The number of halogens is 3. The Morgan fingerprint density at radius 1 is 1.20 bits per heavy atom. The van der Waals surface area contributed by atoms with E-state index in [4.69, 9.17) is 4.74 Å². The van der Waals surface area contributed by atoms with Crippen molar-refractivity contribution in [1.82, 2.24) is 15.1 Å². The minimum atomic E-state index is -2.92. The third kappa shape index (κ3) is 9.31. The molecular formula is C20H33F2IN4O3. The zero-order chi connectivity index (χ0) is 21.8. The van der Waals surface area contributed by atoms with Crippen LogP contribution in [0, 0.1) is 0 Å². The third-order valence-corrected chi connectivity index (χ3v) is 4.29. The summed E-state index contributed by atoms with van der Waals surface area (Å²) in [6.45, 7) is 5.56. The number of hydrogen-bond acceptors (Lipinski definition) is 4. The van der Waals surface area contributed by atoms with Gasteiger partial charge in [-0.3, -0.25) is 9.79 Å². The van der Waals surface area contributed by atoms with Crippen molar-refractivity contribution >= 4 is 35.8 Å². The number of carbonyl (C=O) groups is 1. The molecule has 0 aliphatic rings. The second-order valence-electron chi connectivity index (χ2n) is 6.27. The summed E-state index contributed by atoms with van der Waals surface area (Å²) in [4.78, 5) is 20.4. The molecule has 1 aromatic carbocycles. The Morgan fingerprint density at radius 2 is 1.87 bits per heavy atom. The zero-order valence-corrected chi connectivity index (χ0v) is 20.6. The molecule has 172 valence electrons. The molecule has 0 radical (unpaired) electrons. The van der Waals surface area contributed by atoms with Crippen LogP contribution in [-0.2, 0) is 11.2 Å². The minimum Gasteiger partial charge on any atom is -0.493 e. The first-order valence-corrected chi connectivity index (χ1v) is 9.75. The van der Waals surface area contributed by atoms with Gasteiger partial charge in [0.05, 0.1) is 13.7 Å². The smallest absolute Gasteiger partial charge is 0.387 e. The molecule has 0 aliphatic heterocycles. The standard InChI is InChI=1S/C20H32F2N4O3.HI/c1-6-23-20(25(4)14-18(27)26(7-2)8-3)24-12-11-15-9-10-16(28-5)17(13-15)29-19(21)22;/h9-10,13,19H,6-8,11-12,14H2,1-5H3,(H,23,24);1H. The van der Waals surface area contributed by atoms with Gasteiger partial charge in [0.2, 0.25) is 5.91 Å². The van der Waals surface area contributed by atoms with Crippen molar-refractivity contribution in [2.75, 3.05) is 46.9 Å². The van der Waals surface area contributed by atoms with Crippen LogP contribution in [0.1, 0.15) is 26.3 Å². The third-order valence-electron chi connectivity index (χ3n) is 4.29. The molecule has 1 rings (SSSR count). The summed E-state index contributed by atoms with van der Waals surface area (Å²) in [6.07, 6.45) is 0.524. The fourth-order valence-corrected chi connectivity index (χ4v) is 2.78. The monoisotopic (exact) mass is 542 g/mol. The topological polar surface area (TPSA) is 66.4 Å². The van der Waals surface area contributed by atoms with Crippen molar-refractivity contribution in [3.8, 4) is 11.5 Å². The molecule has 0 unspecified atom stereocenters. The van der Waals surface area contributed by atoms with Gasteiger partial charge in [-0.15, -0.1) is 24.0 Å². The van der Waals surface area contributed by atoms with Crippen LogP contribution in [0.25, 0.3) is 0 Å². The number of benzene rings is 1. The van der Waals surface area contributed by atoms with Crippen LogP contribution in [0.2, 0.25) is 0 Å². The van der Waals surface area contributed by atoms with Crippen LogP contribution in [0.4, 0.5) is 8.78 Å². The molecular weight excluding hydrogens is 509 g/mol. The lowest BCUT2D eigenvalue weighted by Crippen LogP contribution is -2.45. The molecule has 0 heterocycles. The second kappa shape index (κ2) is 15.0. The van der Waals surface area contributed by atoms with Gasteiger partial charge in [0.1, 0.15) is 0 Å². The van der Waals surface area contributed by atoms with Gasteiger partial charge >= 0.3 is 6.61 Å². The summed E-state index contributed by atoms with van der Waals surface area (Å²) >= 11 is 0. The Morgan fingerprint density at radius 3 is 2.40 bits per heavy atom. The molecule has 0 aromatic heterocycles. The molecule has 0 fully saturated rings. The molecule has 0 spiro atoms. The second-order valence-corrected chi connectivity index (χ2v) is 6.27. The lowest BCUT2D eigenvalue weighted by Gasteiger charge is -2.25. The van der Waals surface area contributed by atoms with E-state index < -0.39 is 6.61 Å². The lowest BCUT2D eigenvalue weighted by atomic mass is 10.1. The van der Waals surface area contributed by atoms with E-state index in [9.17, 15) is 13.6 Å². The molecule has 1 aromatic rings. The van der Waals surface area contributed by atoms with E-state index in [1.54, 1.807) is 21.9 Å². The fourth-order valence-electron chi connectivity index (χ4n) is 2.78. The normalized spacial score (nSPS) is 11.0. The van der Waals surface area contributed by atoms with Crippen LogP contribution in [0.5, 0.6) is 11.5 Å². The SMILES string of the molecule is CCNC(=NCCc1ccc(OC)c(OC(F)F)c1)N(C)CC(=O)N(CC)CC.I. The molecule has 1 N–H and O–H groups in total. The molecule has 30 heavy (non-hydrogen) atoms. The first-order chi connectivity index (χ1) is 13.9. The van der Waals surface area contributed by atoms with Gasteiger partial charge in [-0.05, 0) is 44.9 Å². The van der Waals surface area contributed by atoms with Gasteiger partial charge in [0.15, 0.2) is 17.5 Å². The molecule has 0 saturated heterocycles. The van der Waals surface area contributed by atoms with E-state index in [1.807, 2.05) is 27.8 Å². The number of ether oxygens (including phenoxy) is 2. The van der Waals surface area contributed by atoms with E-state index in [2.05, 4.69) is 15.0 Å². The lowest BCUT2D eigenvalue weighted by molar-refractivity contribution is -0.131. The van der Waals surface area contributed by atoms with Gasteiger partial charge < -0.3 is 24.6 Å².